The Morgan fingerprint density at radius 2 is 2.18 bits per heavy atom. The second-order valence-corrected chi connectivity index (χ2v) is 5.84. The van der Waals surface area contributed by atoms with E-state index in [1.807, 2.05) is 0 Å². The Kier molecular flexibility index (Phi) is 3.88. The molecule has 3 nitrogen and oxygen atoms in total. The minimum absolute atomic E-state index is 0.372. The van der Waals surface area contributed by atoms with Crippen LogP contribution in [0.5, 0.6) is 0 Å². The van der Waals surface area contributed by atoms with Crippen LogP contribution in [0.15, 0.2) is 18.2 Å². The Morgan fingerprint density at radius 1 is 1.41 bits per heavy atom. The Morgan fingerprint density at radius 3 is 2.76 bits per heavy atom. The van der Waals surface area contributed by atoms with Crippen molar-refractivity contribution in [2.24, 2.45) is 0 Å². The van der Waals surface area contributed by atoms with Gasteiger partial charge in [-0.3, -0.25) is 4.79 Å². The molecule has 0 spiro atoms. The topological polar surface area (TPSA) is 49.3 Å². The molecule has 1 aromatic carbocycles. The van der Waals surface area contributed by atoms with Gasteiger partial charge in [-0.05, 0) is 30.4 Å². The number of amides is 1. The second-order valence-electron chi connectivity index (χ2n) is 3.92. The molecule has 1 heterocycles. The van der Waals surface area contributed by atoms with Crippen molar-refractivity contribution in [3.8, 4) is 0 Å². The minimum Gasteiger partial charge on any atom is -0.379 e. The molecule has 0 bridgehead atoms. The maximum atomic E-state index is 11.9. The highest BCUT2D eigenvalue weighted by molar-refractivity contribution is 7.99. The summed E-state index contributed by atoms with van der Waals surface area (Å²) in [7, 11) is 0. The fraction of sp³-hybridized carbons (Fsp3) is 0.364. The minimum atomic E-state index is -1.27. The first-order chi connectivity index (χ1) is 8.01. The maximum absolute atomic E-state index is 11.9. The number of halogens is 2. The van der Waals surface area contributed by atoms with E-state index in [0.717, 1.165) is 5.75 Å². The molecule has 1 aliphatic heterocycles. The smallest absolute Gasteiger partial charge is 0.257 e. The predicted octanol–water partition coefficient (Wildman–Crippen LogP) is 2.80. The summed E-state index contributed by atoms with van der Waals surface area (Å²) in [6.07, 6.45) is 0.477. The first-order valence-electron chi connectivity index (χ1n) is 5.08. The van der Waals surface area contributed by atoms with Crippen LogP contribution in [0.1, 0.15) is 6.42 Å². The van der Waals surface area contributed by atoms with Gasteiger partial charge in [-0.15, -0.1) is 0 Å². The van der Waals surface area contributed by atoms with E-state index in [2.05, 4.69) is 5.32 Å². The monoisotopic (exact) mass is 291 g/mol. The number of carbonyl (C=O) groups is 1. The number of hydrogen-bond donors (Lipinski definition) is 2. The molecule has 6 heteroatoms. The molecule has 1 amide bonds. The number of rotatable bonds is 2. The van der Waals surface area contributed by atoms with Crippen LogP contribution in [0.2, 0.25) is 10.0 Å². The summed E-state index contributed by atoms with van der Waals surface area (Å²) in [5.41, 5.74) is -0.730. The van der Waals surface area contributed by atoms with Crippen LogP contribution in [-0.4, -0.2) is 28.1 Å². The van der Waals surface area contributed by atoms with E-state index in [1.165, 1.54) is 0 Å². The third kappa shape index (κ3) is 2.88. The standard InChI is InChI=1S/C11H11Cl2NO2S/c12-8-2-1-7(5-9(8)13)14-10(15)11(16)3-4-17-6-11/h1-2,5,16H,3-4,6H2,(H,14,15). The summed E-state index contributed by atoms with van der Waals surface area (Å²) in [4.78, 5) is 11.9. The summed E-state index contributed by atoms with van der Waals surface area (Å²) < 4.78 is 0. The van der Waals surface area contributed by atoms with Crippen LogP contribution in [0.25, 0.3) is 0 Å². The number of nitrogens with one attached hydrogen (secondary N) is 1. The van der Waals surface area contributed by atoms with Crippen molar-refractivity contribution in [1.82, 2.24) is 0 Å². The molecule has 1 unspecified atom stereocenters. The van der Waals surface area contributed by atoms with Gasteiger partial charge in [0.1, 0.15) is 0 Å². The van der Waals surface area contributed by atoms with Gasteiger partial charge in [0.2, 0.25) is 0 Å². The van der Waals surface area contributed by atoms with E-state index in [1.54, 1.807) is 30.0 Å². The van der Waals surface area contributed by atoms with E-state index in [4.69, 9.17) is 23.2 Å². The zero-order valence-corrected chi connectivity index (χ0v) is 11.2. The molecule has 0 radical (unpaired) electrons. The Bertz CT molecular complexity index is 447. The molecule has 0 aromatic heterocycles. The van der Waals surface area contributed by atoms with Crippen LogP contribution < -0.4 is 5.32 Å². The number of hydrogen-bond acceptors (Lipinski definition) is 3. The van der Waals surface area contributed by atoms with Gasteiger partial charge in [-0.25, -0.2) is 0 Å². The Labute approximate surface area is 113 Å². The van der Waals surface area contributed by atoms with E-state index in [0.29, 0.717) is 27.9 Å². The molecule has 92 valence electrons. The largest absolute Gasteiger partial charge is 0.379 e. The number of aliphatic hydroxyl groups is 1. The molecular weight excluding hydrogens is 281 g/mol. The molecule has 1 aromatic rings. The van der Waals surface area contributed by atoms with Crippen LogP contribution in [-0.2, 0) is 4.79 Å². The third-order valence-electron chi connectivity index (χ3n) is 2.60. The summed E-state index contributed by atoms with van der Waals surface area (Å²) in [5, 5.41) is 13.5. The number of benzene rings is 1. The normalized spacial score (nSPS) is 23.7. The first-order valence-corrected chi connectivity index (χ1v) is 6.99. The number of anilines is 1. The van der Waals surface area contributed by atoms with Crippen molar-refractivity contribution in [3.63, 3.8) is 0 Å². The Hall–Kier alpha value is -0.420. The van der Waals surface area contributed by atoms with Crippen molar-refractivity contribution in [2.45, 2.75) is 12.0 Å². The zero-order chi connectivity index (χ0) is 12.5. The van der Waals surface area contributed by atoms with Crippen molar-refractivity contribution in [3.05, 3.63) is 28.2 Å². The highest BCUT2D eigenvalue weighted by atomic mass is 35.5. The molecule has 0 saturated carbocycles. The van der Waals surface area contributed by atoms with E-state index >= 15 is 0 Å². The second kappa shape index (κ2) is 5.06. The number of carbonyl (C=O) groups excluding carboxylic acids is 1. The lowest BCUT2D eigenvalue weighted by Crippen LogP contribution is -2.42. The summed E-state index contributed by atoms with van der Waals surface area (Å²) in [6.45, 7) is 0. The van der Waals surface area contributed by atoms with Gasteiger partial charge in [0.05, 0.1) is 10.0 Å². The summed E-state index contributed by atoms with van der Waals surface area (Å²) in [6, 6.07) is 4.82. The van der Waals surface area contributed by atoms with Crippen LogP contribution in [0.4, 0.5) is 5.69 Å². The van der Waals surface area contributed by atoms with Gasteiger partial charge in [0.15, 0.2) is 5.60 Å². The maximum Gasteiger partial charge on any atom is 0.257 e. The molecular formula is C11H11Cl2NO2S. The predicted molar refractivity (Wildman–Crippen MR) is 72.0 cm³/mol. The summed E-state index contributed by atoms with van der Waals surface area (Å²) >= 11 is 13.2. The van der Waals surface area contributed by atoms with Gasteiger partial charge >= 0.3 is 0 Å². The third-order valence-corrected chi connectivity index (χ3v) is 4.51. The quantitative estimate of drug-likeness (QED) is 0.881. The van der Waals surface area contributed by atoms with Crippen molar-refractivity contribution in [2.75, 3.05) is 16.8 Å². The first kappa shape index (κ1) is 13.0. The van der Waals surface area contributed by atoms with Crippen LogP contribution >= 0.6 is 35.0 Å². The van der Waals surface area contributed by atoms with Crippen molar-refractivity contribution < 1.29 is 9.90 Å². The average molecular weight is 292 g/mol. The molecule has 2 N–H and O–H groups in total. The number of thioether (sulfide) groups is 1. The Balaban J connectivity index is 2.10. The van der Waals surface area contributed by atoms with Crippen molar-refractivity contribution >= 4 is 46.6 Å². The molecule has 1 fully saturated rings. The van der Waals surface area contributed by atoms with Gasteiger partial charge in [0.25, 0.3) is 5.91 Å². The van der Waals surface area contributed by atoms with Gasteiger partial charge < -0.3 is 10.4 Å². The van der Waals surface area contributed by atoms with Gasteiger partial charge in [-0.2, -0.15) is 11.8 Å². The lowest BCUT2D eigenvalue weighted by molar-refractivity contribution is -0.131. The van der Waals surface area contributed by atoms with Gasteiger partial charge in [0, 0.05) is 11.4 Å². The fourth-order valence-corrected chi connectivity index (χ4v) is 3.09. The highest BCUT2D eigenvalue weighted by Crippen LogP contribution is 2.30. The van der Waals surface area contributed by atoms with Crippen molar-refractivity contribution in [1.29, 1.82) is 0 Å². The van der Waals surface area contributed by atoms with E-state index in [9.17, 15) is 9.90 Å². The van der Waals surface area contributed by atoms with E-state index in [-0.39, 0.29) is 5.91 Å². The molecule has 1 atom stereocenters. The zero-order valence-electron chi connectivity index (χ0n) is 8.87. The summed E-state index contributed by atoms with van der Waals surface area (Å²) in [5.74, 6) is 0.840. The lowest BCUT2D eigenvalue weighted by Gasteiger charge is -2.20. The highest BCUT2D eigenvalue weighted by Gasteiger charge is 2.39. The van der Waals surface area contributed by atoms with Gasteiger partial charge in [-0.1, -0.05) is 23.2 Å². The average Bonchev–Trinajstić information content (AvgIpc) is 2.72. The molecule has 1 saturated heterocycles. The van der Waals surface area contributed by atoms with Crippen LogP contribution in [0.3, 0.4) is 0 Å². The molecule has 2 rings (SSSR count). The molecule has 17 heavy (non-hydrogen) atoms. The lowest BCUT2D eigenvalue weighted by atomic mass is 10.0. The van der Waals surface area contributed by atoms with E-state index < -0.39 is 5.60 Å². The fourth-order valence-electron chi connectivity index (χ4n) is 1.55. The SMILES string of the molecule is O=C(Nc1ccc(Cl)c(Cl)c1)C1(O)CCSC1. The van der Waals surface area contributed by atoms with Crippen LogP contribution in [0, 0.1) is 0 Å². The molecule has 0 aliphatic carbocycles. The molecule has 1 aliphatic rings.